The van der Waals surface area contributed by atoms with Crippen molar-refractivity contribution in [2.24, 2.45) is 0 Å². The molecule has 7 heteroatoms. The van der Waals surface area contributed by atoms with Crippen LogP contribution in [0.5, 0.6) is 5.75 Å². The fourth-order valence-electron chi connectivity index (χ4n) is 4.50. The number of nitrogens with zero attached hydrogens (tertiary/aromatic N) is 2. The maximum atomic E-state index is 12.7. The van der Waals surface area contributed by atoms with Crippen LogP contribution in [0.4, 0.5) is 0 Å². The molecule has 1 aromatic carbocycles. The van der Waals surface area contributed by atoms with Crippen molar-refractivity contribution in [2.45, 2.75) is 57.7 Å². The molecule has 1 N–H and O–H groups in total. The van der Waals surface area contributed by atoms with Crippen LogP contribution in [0.2, 0.25) is 0 Å². The number of carbonyl (C=O) groups is 3. The summed E-state index contributed by atoms with van der Waals surface area (Å²) in [5.41, 5.74) is 1.49. The van der Waals surface area contributed by atoms with Crippen molar-refractivity contribution in [1.29, 1.82) is 0 Å². The molecule has 2 atom stereocenters. The topological polar surface area (TPSA) is 79.0 Å². The normalized spacial score (nSPS) is 25.6. The molecule has 3 aliphatic heterocycles. The molecular formula is C21H27N3O4. The largest absolute Gasteiger partial charge is 0.492 e. The molecule has 0 spiro atoms. The number of carbonyl (C=O) groups excluding carboxylic acids is 3. The van der Waals surface area contributed by atoms with Crippen molar-refractivity contribution < 1.29 is 19.1 Å². The zero-order valence-electron chi connectivity index (χ0n) is 16.3. The summed E-state index contributed by atoms with van der Waals surface area (Å²) in [5, 5.41) is 2.33. The number of ether oxygens (including phenoxy) is 1. The predicted octanol–water partition coefficient (Wildman–Crippen LogP) is 1.70. The molecule has 0 unspecified atom stereocenters. The van der Waals surface area contributed by atoms with E-state index >= 15 is 0 Å². The van der Waals surface area contributed by atoms with Gasteiger partial charge in [0.05, 0.1) is 0 Å². The standard InChI is InChI=1S/C21H27N3O4/c1-2-23-10-4-3-5-15(23)13-28-16-6-7-17-14(11-16)12-24(21(17)27)18-8-9-19(25)22-20(18)26/h6-7,11,15,18H,2-5,8-10,12-13H2,1H3,(H,22,25,26)/t15-,18-/m1/s1. The summed E-state index contributed by atoms with van der Waals surface area (Å²) in [6, 6.07) is 5.40. The second kappa shape index (κ2) is 7.91. The Morgan fingerprint density at radius 1 is 1.18 bits per heavy atom. The van der Waals surface area contributed by atoms with E-state index in [1.54, 1.807) is 11.0 Å². The second-order valence-electron chi connectivity index (χ2n) is 7.81. The van der Waals surface area contributed by atoms with Crippen LogP contribution in [0, 0.1) is 0 Å². The Bertz CT molecular complexity index is 794. The Morgan fingerprint density at radius 3 is 2.82 bits per heavy atom. The van der Waals surface area contributed by atoms with Crippen LogP contribution in [0.1, 0.15) is 54.9 Å². The summed E-state index contributed by atoms with van der Waals surface area (Å²) in [6.07, 6.45) is 4.29. The molecule has 2 saturated heterocycles. The number of fused-ring (bicyclic) bond motifs is 1. The molecule has 28 heavy (non-hydrogen) atoms. The van der Waals surface area contributed by atoms with Gasteiger partial charge in [0.2, 0.25) is 11.8 Å². The number of benzene rings is 1. The van der Waals surface area contributed by atoms with Gasteiger partial charge in [-0.25, -0.2) is 0 Å². The first kappa shape index (κ1) is 18.9. The van der Waals surface area contributed by atoms with Gasteiger partial charge in [-0.05, 0) is 56.1 Å². The summed E-state index contributed by atoms with van der Waals surface area (Å²) in [7, 11) is 0. The summed E-state index contributed by atoms with van der Waals surface area (Å²) >= 11 is 0. The number of rotatable bonds is 5. The average molecular weight is 385 g/mol. The molecule has 0 radical (unpaired) electrons. The number of nitrogens with one attached hydrogen (secondary N) is 1. The summed E-state index contributed by atoms with van der Waals surface area (Å²) in [5.74, 6) is -0.0467. The van der Waals surface area contributed by atoms with Crippen molar-refractivity contribution in [1.82, 2.24) is 15.1 Å². The summed E-state index contributed by atoms with van der Waals surface area (Å²) < 4.78 is 6.06. The van der Waals surface area contributed by atoms with E-state index in [4.69, 9.17) is 4.74 Å². The van der Waals surface area contributed by atoms with E-state index in [2.05, 4.69) is 17.1 Å². The third kappa shape index (κ3) is 3.63. The Labute approximate surface area is 165 Å². The van der Waals surface area contributed by atoms with Crippen molar-refractivity contribution in [3.8, 4) is 5.75 Å². The predicted molar refractivity (Wildman–Crippen MR) is 103 cm³/mol. The van der Waals surface area contributed by atoms with Crippen molar-refractivity contribution >= 4 is 17.7 Å². The quantitative estimate of drug-likeness (QED) is 0.781. The van der Waals surface area contributed by atoms with Gasteiger partial charge in [0.15, 0.2) is 0 Å². The van der Waals surface area contributed by atoms with Crippen LogP contribution in [0.3, 0.4) is 0 Å². The van der Waals surface area contributed by atoms with Gasteiger partial charge >= 0.3 is 0 Å². The Morgan fingerprint density at radius 2 is 2.04 bits per heavy atom. The Balaban J connectivity index is 1.42. The zero-order valence-corrected chi connectivity index (χ0v) is 16.3. The highest BCUT2D eigenvalue weighted by molar-refractivity contribution is 6.05. The smallest absolute Gasteiger partial charge is 0.255 e. The van der Waals surface area contributed by atoms with Crippen LogP contribution in [-0.4, -0.2) is 59.3 Å². The minimum Gasteiger partial charge on any atom is -0.492 e. The molecule has 0 aliphatic carbocycles. The monoisotopic (exact) mass is 385 g/mol. The number of imide groups is 1. The van der Waals surface area contributed by atoms with E-state index < -0.39 is 6.04 Å². The van der Waals surface area contributed by atoms with Crippen LogP contribution >= 0.6 is 0 Å². The molecule has 3 heterocycles. The van der Waals surface area contributed by atoms with Crippen molar-refractivity contribution in [3.63, 3.8) is 0 Å². The Hall–Kier alpha value is -2.41. The van der Waals surface area contributed by atoms with Gasteiger partial charge in [-0.2, -0.15) is 0 Å². The minimum absolute atomic E-state index is 0.152. The number of hydrogen-bond acceptors (Lipinski definition) is 5. The lowest BCUT2D eigenvalue weighted by molar-refractivity contribution is -0.136. The van der Waals surface area contributed by atoms with Gasteiger partial charge in [0.25, 0.3) is 5.91 Å². The highest BCUT2D eigenvalue weighted by Gasteiger charge is 2.39. The maximum absolute atomic E-state index is 12.7. The maximum Gasteiger partial charge on any atom is 0.255 e. The molecule has 7 nitrogen and oxygen atoms in total. The highest BCUT2D eigenvalue weighted by atomic mass is 16.5. The number of likely N-dealkylation sites (tertiary alicyclic amines) is 1. The van der Waals surface area contributed by atoms with Gasteiger partial charge in [-0.15, -0.1) is 0 Å². The molecule has 2 fully saturated rings. The summed E-state index contributed by atoms with van der Waals surface area (Å²) in [6.45, 7) is 5.38. The molecule has 1 aromatic rings. The fourth-order valence-corrected chi connectivity index (χ4v) is 4.50. The molecule has 0 bridgehead atoms. The lowest BCUT2D eigenvalue weighted by Gasteiger charge is -2.34. The molecule has 150 valence electrons. The van der Waals surface area contributed by atoms with Crippen LogP contribution in [0.25, 0.3) is 0 Å². The number of likely N-dealkylation sites (N-methyl/N-ethyl adjacent to an activating group) is 1. The number of hydrogen-bond donors (Lipinski definition) is 1. The van der Waals surface area contributed by atoms with E-state index in [9.17, 15) is 14.4 Å². The first-order valence-electron chi connectivity index (χ1n) is 10.2. The SMILES string of the molecule is CCN1CCCC[C@@H]1COc1ccc2c(c1)CN([C@@H]1CCC(=O)NC1=O)C2=O. The van der Waals surface area contributed by atoms with Gasteiger partial charge < -0.3 is 9.64 Å². The first-order chi connectivity index (χ1) is 13.6. The fraction of sp³-hybridized carbons (Fsp3) is 0.571. The van der Waals surface area contributed by atoms with Crippen molar-refractivity contribution in [2.75, 3.05) is 19.7 Å². The van der Waals surface area contributed by atoms with E-state index in [-0.39, 0.29) is 24.1 Å². The van der Waals surface area contributed by atoms with Crippen molar-refractivity contribution in [3.05, 3.63) is 29.3 Å². The van der Waals surface area contributed by atoms with E-state index in [1.807, 2.05) is 12.1 Å². The first-order valence-corrected chi connectivity index (χ1v) is 10.2. The van der Waals surface area contributed by atoms with Gasteiger partial charge in [-0.1, -0.05) is 13.3 Å². The molecule has 4 rings (SSSR count). The van der Waals surface area contributed by atoms with E-state index in [0.717, 1.165) is 30.8 Å². The van der Waals surface area contributed by atoms with Crippen LogP contribution < -0.4 is 10.1 Å². The second-order valence-corrected chi connectivity index (χ2v) is 7.81. The molecule has 3 aliphatic rings. The van der Waals surface area contributed by atoms with Crippen LogP contribution in [-0.2, 0) is 16.1 Å². The van der Waals surface area contributed by atoms with Crippen LogP contribution in [0.15, 0.2) is 18.2 Å². The third-order valence-electron chi connectivity index (χ3n) is 6.09. The van der Waals surface area contributed by atoms with E-state index in [1.165, 1.54) is 12.8 Å². The third-order valence-corrected chi connectivity index (χ3v) is 6.09. The molecular weight excluding hydrogens is 358 g/mol. The molecule has 0 saturated carbocycles. The van der Waals surface area contributed by atoms with Gasteiger partial charge in [0, 0.05) is 24.6 Å². The number of amides is 3. The average Bonchev–Trinajstić information content (AvgIpc) is 3.02. The summed E-state index contributed by atoms with van der Waals surface area (Å²) in [4.78, 5) is 40.3. The highest BCUT2D eigenvalue weighted by Crippen LogP contribution is 2.30. The van der Waals surface area contributed by atoms with E-state index in [0.29, 0.717) is 31.2 Å². The molecule has 0 aromatic heterocycles. The van der Waals surface area contributed by atoms with Gasteiger partial charge in [-0.3, -0.25) is 24.6 Å². The Kier molecular flexibility index (Phi) is 5.35. The number of piperidine rings is 2. The zero-order chi connectivity index (χ0) is 19.7. The lowest BCUT2D eigenvalue weighted by Crippen LogP contribution is -2.52. The van der Waals surface area contributed by atoms with Gasteiger partial charge in [0.1, 0.15) is 18.4 Å². The lowest BCUT2D eigenvalue weighted by atomic mass is 10.0. The minimum atomic E-state index is -0.581. The molecule has 3 amide bonds.